The van der Waals surface area contributed by atoms with E-state index in [2.05, 4.69) is 22.8 Å². The molecule has 1 N–H and O–H groups in total. The van der Waals surface area contributed by atoms with Gasteiger partial charge >= 0.3 is 0 Å². The van der Waals surface area contributed by atoms with Gasteiger partial charge in [-0.1, -0.05) is 13.0 Å². The van der Waals surface area contributed by atoms with Crippen LogP contribution in [-0.4, -0.2) is 66.4 Å². The number of rotatable bonds is 7. The molecule has 0 bridgehead atoms. The van der Waals surface area contributed by atoms with E-state index < -0.39 is 0 Å². The van der Waals surface area contributed by atoms with Gasteiger partial charge in [0, 0.05) is 38.8 Å². The van der Waals surface area contributed by atoms with Crippen LogP contribution >= 0.6 is 0 Å². The third-order valence-electron chi connectivity index (χ3n) is 4.30. The smallest absolute Gasteiger partial charge is 0.120 e. The Morgan fingerprint density at radius 2 is 2.26 bits per heavy atom. The molecule has 1 aliphatic rings. The van der Waals surface area contributed by atoms with Crippen LogP contribution in [0.2, 0.25) is 0 Å². The molecule has 126 valence electrons. The Bertz CT molecular complexity index is 527. The summed E-state index contributed by atoms with van der Waals surface area (Å²) >= 11 is 0. The summed E-state index contributed by atoms with van der Waals surface area (Å²) in [6.45, 7) is 9.33. The highest BCUT2D eigenvalue weighted by molar-refractivity contribution is 5.36. The summed E-state index contributed by atoms with van der Waals surface area (Å²) in [4.78, 5) is 4.80. The molecule has 1 aromatic carbocycles. The maximum absolute atomic E-state index is 9.60. The van der Waals surface area contributed by atoms with Gasteiger partial charge in [-0.3, -0.25) is 9.80 Å². The van der Waals surface area contributed by atoms with Gasteiger partial charge in [-0.15, -0.1) is 0 Å². The van der Waals surface area contributed by atoms with Crippen molar-refractivity contribution in [3.63, 3.8) is 0 Å². The molecule has 1 saturated heterocycles. The van der Waals surface area contributed by atoms with Crippen molar-refractivity contribution in [3.05, 3.63) is 29.8 Å². The lowest BCUT2D eigenvalue weighted by Crippen LogP contribution is -2.55. The fourth-order valence-corrected chi connectivity index (χ4v) is 3.08. The van der Waals surface area contributed by atoms with Crippen molar-refractivity contribution in [2.45, 2.75) is 32.4 Å². The van der Waals surface area contributed by atoms with Crippen LogP contribution in [0.1, 0.15) is 25.8 Å². The molecule has 5 nitrogen and oxygen atoms in total. The third-order valence-corrected chi connectivity index (χ3v) is 4.30. The third kappa shape index (κ3) is 5.51. The van der Waals surface area contributed by atoms with E-state index in [4.69, 9.17) is 10.00 Å². The first-order valence-electron chi connectivity index (χ1n) is 8.39. The Morgan fingerprint density at radius 3 is 2.96 bits per heavy atom. The Morgan fingerprint density at radius 1 is 1.43 bits per heavy atom. The van der Waals surface area contributed by atoms with Crippen molar-refractivity contribution in [1.29, 1.82) is 5.26 Å². The zero-order valence-corrected chi connectivity index (χ0v) is 14.1. The molecule has 5 heteroatoms. The van der Waals surface area contributed by atoms with Crippen molar-refractivity contribution >= 4 is 0 Å². The van der Waals surface area contributed by atoms with Gasteiger partial charge in [0.25, 0.3) is 0 Å². The molecule has 1 fully saturated rings. The minimum absolute atomic E-state index is 0.272. The van der Waals surface area contributed by atoms with E-state index in [1.807, 2.05) is 19.1 Å². The summed E-state index contributed by atoms with van der Waals surface area (Å²) in [5.74, 6) is 0.754. The van der Waals surface area contributed by atoms with Gasteiger partial charge < -0.3 is 9.84 Å². The van der Waals surface area contributed by atoms with Gasteiger partial charge in [-0.2, -0.15) is 5.26 Å². The van der Waals surface area contributed by atoms with E-state index in [1.54, 1.807) is 12.1 Å². The molecule has 23 heavy (non-hydrogen) atoms. The quantitative estimate of drug-likeness (QED) is 0.830. The van der Waals surface area contributed by atoms with E-state index in [-0.39, 0.29) is 6.10 Å². The molecule has 0 radical (unpaired) electrons. The lowest BCUT2D eigenvalue weighted by molar-refractivity contribution is 0.0322. The van der Waals surface area contributed by atoms with Gasteiger partial charge in [0.15, 0.2) is 0 Å². The van der Waals surface area contributed by atoms with E-state index in [1.165, 1.54) is 0 Å². The molecule has 1 aromatic rings. The summed E-state index contributed by atoms with van der Waals surface area (Å²) in [5.41, 5.74) is 0.625. The first kappa shape index (κ1) is 17.7. The molecule has 2 rings (SSSR count). The maximum Gasteiger partial charge on any atom is 0.120 e. The van der Waals surface area contributed by atoms with Crippen LogP contribution < -0.4 is 4.74 Å². The van der Waals surface area contributed by atoms with Gasteiger partial charge in [0.2, 0.25) is 0 Å². The normalized spacial score (nSPS) is 20.9. The zero-order valence-electron chi connectivity index (χ0n) is 14.1. The highest BCUT2D eigenvalue weighted by Gasteiger charge is 2.26. The summed E-state index contributed by atoms with van der Waals surface area (Å²) < 4.78 is 5.77. The van der Waals surface area contributed by atoms with E-state index >= 15 is 0 Å². The molecule has 0 spiro atoms. The van der Waals surface area contributed by atoms with Crippen LogP contribution in [-0.2, 0) is 0 Å². The van der Waals surface area contributed by atoms with Crippen molar-refractivity contribution < 1.29 is 9.84 Å². The van der Waals surface area contributed by atoms with Crippen LogP contribution in [0.3, 0.4) is 0 Å². The number of hydrogen-bond acceptors (Lipinski definition) is 5. The zero-order chi connectivity index (χ0) is 16.7. The average Bonchev–Trinajstić information content (AvgIpc) is 2.56. The molecule has 0 unspecified atom stereocenters. The SMILES string of the molecule is CC[C@@H]1CN(CCOc2cccc(C#N)c2)CCN1C[C@@H](C)O. The maximum atomic E-state index is 9.60. The van der Waals surface area contributed by atoms with E-state index in [0.717, 1.165) is 44.9 Å². The Kier molecular flexibility index (Phi) is 6.85. The summed E-state index contributed by atoms with van der Waals surface area (Å²) in [7, 11) is 0. The molecular weight excluding hydrogens is 290 g/mol. The highest BCUT2D eigenvalue weighted by Crippen LogP contribution is 2.15. The van der Waals surface area contributed by atoms with Crippen LogP contribution in [0.15, 0.2) is 24.3 Å². The second-order valence-corrected chi connectivity index (χ2v) is 6.19. The Balaban J connectivity index is 1.77. The summed E-state index contributed by atoms with van der Waals surface area (Å²) in [5, 5.41) is 18.5. The predicted octanol–water partition coefficient (Wildman–Crippen LogP) is 1.71. The molecule has 1 aliphatic heterocycles. The number of benzene rings is 1. The van der Waals surface area contributed by atoms with E-state index in [0.29, 0.717) is 18.2 Å². The van der Waals surface area contributed by atoms with Crippen LogP contribution in [0.25, 0.3) is 0 Å². The number of aliphatic hydroxyl groups is 1. The van der Waals surface area contributed by atoms with Gasteiger partial charge in [-0.25, -0.2) is 0 Å². The molecule has 0 saturated carbocycles. The first-order chi connectivity index (χ1) is 11.1. The van der Waals surface area contributed by atoms with Crippen LogP contribution in [0, 0.1) is 11.3 Å². The minimum Gasteiger partial charge on any atom is -0.492 e. The second-order valence-electron chi connectivity index (χ2n) is 6.19. The molecule has 1 heterocycles. The second kappa shape index (κ2) is 8.88. The Hall–Kier alpha value is -1.61. The number of nitriles is 1. The fourth-order valence-electron chi connectivity index (χ4n) is 3.08. The first-order valence-corrected chi connectivity index (χ1v) is 8.39. The number of piperazine rings is 1. The van der Waals surface area contributed by atoms with Gasteiger partial charge in [-0.05, 0) is 31.5 Å². The molecular formula is C18H27N3O2. The molecule has 0 amide bonds. The molecule has 0 aliphatic carbocycles. The number of aliphatic hydroxyl groups excluding tert-OH is 1. The Labute approximate surface area is 139 Å². The largest absolute Gasteiger partial charge is 0.492 e. The number of hydrogen-bond donors (Lipinski definition) is 1. The summed E-state index contributed by atoms with van der Waals surface area (Å²) in [6.07, 6.45) is 0.820. The predicted molar refractivity (Wildman–Crippen MR) is 90.4 cm³/mol. The molecule has 2 atom stereocenters. The number of nitrogens with zero attached hydrogens (tertiary/aromatic N) is 3. The van der Waals surface area contributed by atoms with Gasteiger partial charge in [0.05, 0.1) is 17.7 Å². The van der Waals surface area contributed by atoms with Crippen molar-refractivity contribution in [1.82, 2.24) is 9.80 Å². The lowest BCUT2D eigenvalue weighted by atomic mass is 10.1. The lowest BCUT2D eigenvalue weighted by Gasteiger charge is -2.41. The van der Waals surface area contributed by atoms with E-state index in [9.17, 15) is 5.11 Å². The minimum atomic E-state index is -0.272. The average molecular weight is 317 g/mol. The van der Waals surface area contributed by atoms with Crippen molar-refractivity contribution in [2.24, 2.45) is 0 Å². The van der Waals surface area contributed by atoms with Crippen molar-refractivity contribution in [2.75, 3.05) is 39.3 Å². The number of ether oxygens (including phenoxy) is 1. The van der Waals surface area contributed by atoms with Crippen LogP contribution in [0.5, 0.6) is 5.75 Å². The monoisotopic (exact) mass is 317 g/mol. The topological polar surface area (TPSA) is 59.7 Å². The molecule has 0 aromatic heterocycles. The van der Waals surface area contributed by atoms with Gasteiger partial charge in [0.1, 0.15) is 12.4 Å². The van der Waals surface area contributed by atoms with Crippen molar-refractivity contribution in [3.8, 4) is 11.8 Å². The fraction of sp³-hybridized carbons (Fsp3) is 0.611. The van der Waals surface area contributed by atoms with Crippen LogP contribution in [0.4, 0.5) is 0 Å². The highest BCUT2D eigenvalue weighted by atomic mass is 16.5. The number of β-amino-alcohol motifs (C(OH)–C–C–N with tert-alkyl or cyclic N) is 1. The summed E-state index contributed by atoms with van der Waals surface area (Å²) in [6, 6.07) is 9.90. The standard InChI is InChI=1S/C18H27N3O2/c1-3-17-14-20(7-8-21(17)13-15(2)22)9-10-23-18-6-4-5-16(11-18)12-19/h4-6,11,15,17,22H,3,7-10,13-14H2,1-2H3/t15-,17-/m1/s1.